The van der Waals surface area contributed by atoms with Crippen LogP contribution in [-0.4, -0.2) is 19.0 Å². The van der Waals surface area contributed by atoms with Crippen molar-refractivity contribution >= 4 is 28.4 Å². The predicted octanol–water partition coefficient (Wildman–Crippen LogP) is 3.70. The topological polar surface area (TPSA) is 39.4 Å². The second kappa shape index (κ2) is 5.34. The molecule has 1 heterocycles. The molecule has 0 bridgehead atoms. The summed E-state index contributed by atoms with van der Waals surface area (Å²) in [7, 11) is 0. The molecule has 2 rings (SSSR count). The lowest BCUT2D eigenvalue weighted by molar-refractivity contribution is 0.0872. The Morgan fingerprint density at radius 1 is 1.47 bits per heavy atom. The molecule has 3 nitrogen and oxygen atoms in total. The molecule has 0 atom stereocenters. The number of benzene rings is 1. The van der Waals surface area contributed by atoms with Gasteiger partial charge in [0, 0.05) is 18.4 Å². The molecular weight excluding hydrogens is 240 g/mol. The second-order valence-electron chi connectivity index (χ2n) is 3.64. The minimum absolute atomic E-state index is 0.0642. The van der Waals surface area contributed by atoms with Crippen molar-refractivity contribution in [3.05, 3.63) is 35.0 Å². The third-order valence-corrected chi connectivity index (χ3v) is 2.75. The molecule has 1 aromatic heterocycles. The predicted molar refractivity (Wildman–Crippen MR) is 66.7 cm³/mol. The fourth-order valence-electron chi connectivity index (χ4n) is 1.60. The van der Waals surface area contributed by atoms with Gasteiger partial charge in [0.2, 0.25) is 0 Å². The third kappa shape index (κ3) is 2.68. The van der Waals surface area contributed by atoms with E-state index in [1.165, 1.54) is 0 Å². The van der Waals surface area contributed by atoms with Crippen molar-refractivity contribution in [2.24, 2.45) is 0 Å². The van der Waals surface area contributed by atoms with Crippen LogP contribution < -0.4 is 0 Å². The quantitative estimate of drug-likeness (QED) is 0.602. The maximum atomic E-state index is 11.8. The van der Waals surface area contributed by atoms with E-state index < -0.39 is 0 Å². The molecule has 0 amide bonds. The molecule has 0 unspecified atom stereocenters. The van der Waals surface area contributed by atoms with E-state index in [4.69, 9.17) is 20.8 Å². The Hall–Kier alpha value is -1.32. The fourth-order valence-corrected chi connectivity index (χ4v) is 1.82. The van der Waals surface area contributed by atoms with Gasteiger partial charge in [0.05, 0.1) is 11.6 Å². The summed E-state index contributed by atoms with van der Waals surface area (Å²) in [4.78, 5) is 11.8. The van der Waals surface area contributed by atoms with Gasteiger partial charge in [-0.05, 0) is 19.1 Å². The normalized spacial score (nSPS) is 10.9. The number of Topliss-reactive ketones (excluding diaryl/α,β-unsaturated/α-hetero) is 1. The van der Waals surface area contributed by atoms with Gasteiger partial charge in [-0.25, -0.2) is 0 Å². The van der Waals surface area contributed by atoms with Crippen molar-refractivity contribution < 1.29 is 13.9 Å². The number of ether oxygens (including phenoxy) is 1. The minimum Gasteiger partial charge on any atom is -0.451 e. The first-order chi connectivity index (χ1) is 8.22. The lowest BCUT2D eigenvalue weighted by atomic mass is 10.2. The van der Waals surface area contributed by atoms with E-state index in [1.54, 1.807) is 12.1 Å². The maximum Gasteiger partial charge on any atom is 0.200 e. The van der Waals surface area contributed by atoms with Crippen LogP contribution in [0.5, 0.6) is 0 Å². The summed E-state index contributed by atoms with van der Waals surface area (Å²) in [6, 6.07) is 7.15. The Labute approximate surface area is 104 Å². The summed E-state index contributed by atoms with van der Waals surface area (Å²) in [6.07, 6.45) is 0.325. The first-order valence-corrected chi connectivity index (χ1v) is 5.89. The average molecular weight is 253 g/mol. The van der Waals surface area contributed by atoms with E-state index in [2.05, 4.69) is 0 Å². The Morgan fingerprint density at radius 3 is 3.00 bits per heavy atom. The summed E-state index contributed by atoms with van der Waals surface area (Å²) in [5.74, 6) is 0.276. The van der Waals surface area contributed by atoms with E-state index in [9.17, 15) is 4.79 Å². The molecule has 90 valence electrons. The first-order valence-electron chi connectivity index (χ1n) is 5.51. The number of hydrogen-bond donors (Lipinski definition) is 0. The van der Waals surface area contributed by atoms with Crippen LogP contribution in [0.15, 0.2) is 28.7 Å². The Bertz CT molecular complexity index is 530. The maximum absolute atomic E-state index is 11.8. The number of halogens is 1. The zero-order valence-corrected chi connectivity index (χ0v) is 10.3. The highest BCUT2D eigenvalue weighted by Crippen LogP contribution is 2.27. The number of rotatable bonds is 5. The minimum atomic E-state index is -0.0642. The number of ketones is 1. The van der Waals surface area contributed by atoms with Crippen LogP contribution in [0.2, 0.25) is 5.02 Å². The van der Waals surface area contributed by atoms with Crippen molar-refractivity contribution in [3.8, 4) is 0 Å². The Kier molecular flexibility index (Phi) is 3.82. The van der Waals surface area contributed by atoms with Crippen molar-refractivity contribution in [1.29, 1.82) is 0 Å². The largest absolute Gasteiger partial charge is 0.451 e. The van der Waals surface area contributed by atoms with Crippen molar-refractivity contribution in [2.75, 3.05) is 13.2 Å². The fraction of sp³-hybridized carbons (Fsp3) is 0.308. The SMILES string of the molecule is CCOCCC(=O)c1cc2cccc(Cl)c2o1. The molecule has 0 N–H and O–H groups in total. The zero-order chi connectivity index (χ0) is 12.3. The summed E-state index contributed by atoms with van der Waals surface area (Å²) >= 11 is 5.97. The summed E-state index contributed by atoms with van der Waals surface area (Å²) in [5, 5.41) is 1.36. The molecule has 0 fully saturated rings. The second-order valence-corrected chi connectivity index (χ2v) is 4.05. The van der Waals surface area contributed by atoms with Crippen LogP contribution in [0.1, 0.15) is 23.9 Å². The summed E-state index contributed by atoms with van der Waals surface area (Å²) in [6.45, 7) is 2.92. The molecule has 0 saturated heterocycles. The molecule has 0 aliphatic carbocycles. The van der Waals surface area contributed by atoms with Crippen LogP contribution in [0.4, 0.5) is 0 Å². The molecular formula is C13H13ClO3. The van der Waals surface area contributed by atoms with E-state index in [0.717, 1.165) is 5.39 Å². The Morgan fingerprint density at radius 2 is 2.29 bits per heavy atom. The number of fused-ring (bicyclic) bond motifs is 1. The standard InChI is InChI=1S/C13H13ClO3/c1-2-16-7-6-11(15)12-8-9-4-3-5-10(14)13(9)17-12/h3-5,8H,2,6-7H2,1H3. The van der Waals surface area contributed by atoms with Gasteiger partial charge in [-0.1, -0.05) is 23.7 Å². The van der Waals surface area contributed by atoms with Crippen molar-refractivity contribution in [2.45, 2.75) is 13.3 Å². The van der Waals surface area contributed by atoms with Crippen LogP contribution >= 0.6 is 11.6 Å². The van der Waals surface area contributed by atoms with Gasteiger partial charge in [-0.3, -0.25) is 4.79 Å². The van der Waals surface area contributed by atoms with Crippen LogP contribution in [0, 0.1) is 0 Å². The van der Waals surface area contributed by atoms with Gasteiger partial charge in [0.15, 0.2) is 17.1 Å². The van der Waals surface area contributed by atoms with Crippen molar-refractivity contribution in [3.63, 3.8) is 0 Å². The monoisotopic (exact) mass is 252 g/mol. The van der Waals surface area contributed by atoms with Gasteiger partial charge in [-0.15, -0.1) is 0 Å². The Balaban J connectivity index is 2.19. The molecule has 2 aromatic rings. The van der Waals surface area contributed by atoms with E-state index in [0.29, 0.717) is 36.0 Å². The number of carbonyl (C=O) groups excluding carboxylic acids is 1. The molecule has 0 aliphatic rings. The van der Waals surface area contributed by atoms with Gasteiger partial charge in [0.1, 0.15) is 0 Å². The lowest BCUT2D eigenvalue weighted by Crippen LogP contribution is -2.03. The highest BCUT2D eigenvalue weighted by Gasteiger charge is 2.13. The number of carbonyl (C=O) groups is 1. The number of furan rings is 1. The average Bonchev–Trinajstić information content (AvgIpc) is 2.75. The van der Waals surface area contributed by atoms with Crippen LogP contribution in [-0.2, 0) is 4.74 Å². The zero-order valence-electron chi connectivity index (χ0n) is 9.53. The highest BCUT2D eigenvalue weighted by atomic mass is 35.5. The van der Waals surface area contributed by atoms with Crippen molar-refractivity contribution in [1.82, 2.24) is 0 Å². The first kappa shape index (κ1) is 12.1. The van der Waals surface area contributed by atoms with Gasteiger partial charge in [0.25, 0.3) is 0 Å². The lowest BCUT2D eigenvalue weighted by Gasteiger charge is -1.97. The smallest absolute Gasteiger partial charge is 0.200 e. The molecule has 0 radical (unpaired) electrons. The molecule has 0 spiro atoms. The van der Waals surface area contributed by atoms with Gasteiger partial charge >= 0.3 is 0 Å². The number of hydrogen-bond acceptors (Lipinski definition) is 3. The van der Waals surface area contributed by atoms with E-state index in [1.807, 2.05) is 19.1 Å². The van der Waals surface area contributed by atoms with E-state index in [-0.39, 0.29) is 5.78 Å². The molecule has 4 heteroatoms. The summed E-state index contributed by atoms with van der Waals surface area (Å²) in [5.41, 5.74) is 0.564. The van der Waals surface area contributed by atoms with Crippen LogP contribution in [0.3, 0.4) is 0 Å². The third-order valence-electron chi connectivity index (χ3n) is 2.45. The number of para-hydroxylation sites is 1. The highest BCUT2D eigenvalue weighted by molar-refractivity contribution is 6.34. The molecule has 17 heavy (non-hydrogen) atoms. The summed E-state index contributed by atoms with van der Waals surface area (Å²) < 4.78 is 10.6. The van der Waals surface area contributed by atoms with E-state index >= 15 is 0 Å². The van der Waals surface area contributed by atoms with Gasteiger partial charge in [-0.2, -0.15) is 0 Å². The van der Waals surface area contributed by atoms with Gasteiger partial charge < -0.3 is 9.15 Å². The molecule has 0 saturated carbocycles. The van der Waals surface area contributed by atoms with Crippen LogP contribution in [0.25, 0.3) is 11.0 Å². The molecule has 0 aliphatic heterocycles. The molecule has 1 aromatic carbocycles.